The molecule has 0 spiro atoms. The molecule has 1 aromatic carbocycles. The van der Waals surface area contributed by atoms with Crippen LogP contribution in [0.3, 0.4) is 0 Å². The lowest BCUT2D eigenvalue weighted by atomic mass is 10.2. The van der Waals surface area contributed by atoms with Gasteiger partial charge in [0.25, 0.3) is 0 Å². The molecule has 0 fully saturated rings. The highest BCUT2D eigenvalue weighted by Crippen LogP contribution is 2.19. The van der Waals surface area contributed by atoms with Crippen molar-refractivity contribution in [2.45, 2.75) is 6.61 Å². The molecule has 2 N–H and O–H groups in total. The molecule has 0 unspecified atom stereocenters. The second-order valence-electron chi connectivity index (χ2n) is 3.39. The summed E-state index contributed by atoms with van der Waals surface area (Å²) in [5, 5.41) is 2.39. The van der Waals surface area contributed by atoms with Crippen LogP contribution < -0.4 is 5.73 Å². The van der Waals surface area contributed by atoms with E-state index in [1.165, 1.54) is 17.4 Å². The second kappa shape index (κ2) is 5.21. The van der Waals surface area contributed by atoms with Gasteiger partial charge in [0.05, 0.1) is 5.56 Å². The Bertz CT molecular complexity index is 525. The summed E-state index contributed by atoms with van der Waals surface area (Å²) >= 11 is 7.33. The number of hydrogen-bond donors (Lipinski definition) is 1. The monoisotopic (exact) mass is 267 g/mol. The van der Waals surface area contributed by atoms with Crippen LogP contribution in [-0.4, -0.2) is 5.97 Å². The molecule has 1 aromatic heterocycles. The molecule has 17 heavy (non-hydrogen) atoms. The van der Waals surface area contributed by atoms with E-state index >= 15 is 0 Å². The molecular formula is C12H10ClNO2S. The maximum Gasteiger partial charge on any atom is 0.340 e. The zero-order chi connectivity index (χ0) is 12.3. The second-order valence-corrected chi connectivity index (χ2v) is 4.86. The van der Waals surface area contributed by atoms with Crippen LogP contribution >= 0.6 is 22.9 Å². The van der Waals surface area contributed by atoms with E-state index in [9.17, 15) is 4.79 Å². The van der Waals surface area contributed by atoms with Crippen molar-refractivity contribution in [3.05, 3.63) is 51.2 Å². The van der Waals surface area contributed by atoms with Gasteiger partial charge in [-0.1, -0.05) is 17.7 Å². The maximum absolute atomic E-state index is 11.8. The van der Waals surface area contributed by atoms with Crippen LogP contribution in [0.1, 0.15) is 15.2 Å². The van der Waals surface area contributed by atoms with Gasteiger partial charge in [-0.2, -0.15) is 0 Å². The smallest absolute Gasteiger partial charge is 0.340 e. The molecule has 0 aliphatic heterocycles. The lowest BCUT2D eigenvalue weighted by Gasteiger charge is -2.06. The number of benzene rings is 1. The fourth-order valence-electron chi connectivity index (χ4n) is 1.31. The first-order valence-electron chi connectivity index (χ1n) is 4.91. The van der Waals surface area contributed by atoms with E-state index < -0.39 is 5.97 Å². The van der Waals surface area contributed by atoms with Crippen LogP contribution in [0.15, 0.2) is 35.7 Å². The van der Waals surface area contributed by atoms with Gasteiger partial charge in [0.2, 0.25) is 0 Å². The quantitative estimate of drug-likeness (QED) is 0.685. The minimum Gasteiger partial charge on any atom is -0.456 e. The number of nitrogen functional groups attached to an aromatic ring is 1. The Hall–Kier alpha value is -1.52. The number of nitrogens with two attached hydrogens (primary N) is 1. The van der Waals surface area contributed by atoms with Crippen molar-refractivity contribution in [2.75, 3.05) is 5.73 Å². The lowest BCUT2D eigenvalue weighted by molar-refractivity contribution is 0.0478. The minimum atomic E-state index is -0.460. The van der Waals surface area contributed by atoms with Crippen LogP contribution in [0.2, 0.25) is 5.02 Å². The number of halogens is 1. The Morgan fingerprint density at radius 2 is 2.24 bits per heavy atom. The fraction of sp³-hybridized carbons (Fsp3) is 0.0833. The van der Waals surface area contributed by atoms with Crippen LogP contribution in [0.4, 0.5) is 5.69 Å². The van der Waals surface area contributed by atoms with Crippen molar-refractivity contribution in [1.82, 2.24) is 0 Å². The van der Waals surface area contributed by atoms with Crippen molar-refractivity contribution in [3.63, 3.8) is 0 Å². The molecule has 0 bridgehead atoms. The molecule has 0 amide bonds. The zero-order valence-electron chi connectivity index (χ0n) is 8.85. The Morgan fingerprint density at radius 3 is 2.94 bits per heavy atom. The van der Waals surface area contributed by atoms with Crippen LogP contribution in [0.25, 0.3) is 0 Å². The SMILES string of the molecule is Nc1ccc(Cl)cc1C(=O)OCc1cccs1. The predicted octanol–water partition coefficient (Wildman–Crippen LogP) is 3.34. The van der Waals surface area contributed by atoms with Crippen LogP contribution in [-0.2, 0) is 11.3 Å². The summed E-state index contributed by atoms with van der Waals surface area (Å²) in [7, 11) is 0. The number of carbonyl (C=O) groups is 1. The summed E-state index contributed by atoms with van der Waals surface area (Å²) in [6, 6.07) is 8.53. The Balaban J connectivity index is 2.07. The van der Waals surface area contributed by atoms with E-state index in [1.54, 1.807) is 12.1 Å². The summed E-state index contributed by atoms with van der Waals surface area (Å²) < 4.78 is 5.14. The molecule has 0 radical (unpaired) electrons. The highest BCUT2D eigenvalue weighted by atomic mass is 35.5. The van der Waals surface area contributed by atoms with Crippen molar-refractivity contribution >= 4 is 34.6 Å². The first kappa shape index (κ1) is 12.0. The van der Waals surface area contributed by atoms with Crippen molar-refractivity contribution < 1.29 is 9.53 Å². The zero-order valence-corrected chi connectivity index (χ0v) is 10.4. The third kappa shape index (κ3) is 2.99. The maximum atomic E-state index is 11.8. The van der Waals surface area contributed by atoms with E-state index in [0.717, 1.165) is 4.88 Å². The van der Waals surface area contributed by atoms with E-state index in [1.807, 2.05) is 17.5 Å². The van der Waals surface area contributed by atoms with Gasteiger partial charge < -0.3 is 10.5 Å². The standard InChI is InChI=1S/C12H10ClNO2S/c13-8-3-4-11(14)10(6-8)12(15)16-7-9-2-1-5-17-9/h1-6H,7,14H2. The van der Waals surface area contributed by atoms with E-state index in [0.29, 0.717) is 16.3 Å². The molecule has 88 valence electrons. The number of hydrogen-bond acceptors (Lipinski definition) is 4. The van der Waals surface area contributed by atoms with Gasteiger partial charge in [-0.15, -0.1) is 11.3 Å². The van der Waals surface area contributed by atoms with Gasteiger partial charge >= 0.3 is 5.97 Å². The molecule has 5 heteroatoms. The third-order valence-electron chi connectivity index (χ3n) is 2.16. The molecule has 0 saturated carbocycles. The summed E-state index contributed by atoms with van der Waals surface area (Å²) in [4.78, 5) is 12.7. The molecule has 2 aromatic rings. The molecule has 0 saturated heterocycles. The average molecular weight is 268 g/mol. The topological polar surface area (TPSA) is 52.3 Å². The third-order valence-corrected chi connectivity index (χ3v) is 3.25. The van der Waals surface area contributed by atoms with Crippen LogP contribution in [0, 0.1) is 0 Å². The van der Waals surface area contributed by atoms with Crippen molar-refractivity contribution in [1.29, 1.82) is 0 Å². The minimum absolute atomic E-state index is 0.252. The normalized spacial score (nSPS) is 10.2. The van der Waals surface area contributed by atoms with Gasteiger partial charge in [-0.05, 0) is 29.6 Å². The first-order chi connectivity index (χ1) is 8.16. The van der Waals surface area contributed by atoms with Gasteiger partial charge in [0.1, 0.15) is 6.61 Å². The van der Waals surface area contributed by atoms with Crippen molar-refractivity contribution in [2.24, 2.45) is 0 Å². The highest BCUT2D eigenvalue weighted by molar-refractivity contribution is 7.09. The van der Waals surface area contributed by atoms with Gasteiger partial charge in [0, 0.05) is 15.6 Å². The predicted molar refractivity (Wildman–Crippen MR) is 69.3 cm³/mol. The van der Waals surface area contributed by atoms with Gasteiger partial charge in [0.15, 0.2) is 0 Å². The van der Waals surface area contributed by atoms with Gasteiger partial charge in [-0.3, -0.25) is 0 Å². The first-order valence-corrected chi connectivity index (χ1v) is 6.17. The molecular weight excluding hydrogens is 258 g/mol. The highest BCUT2D eigenvalue weighted by Gasteiger charge is 2.12. The molecule has 0 aliphatic carbocycles. The average Bonchev–Trinajstić information content (AvgIpc) is 2.82. The van der Waals surface area contributed by atoms with Crippen molar-refractivity contribution in [3.8, 4) is 0 Å². The van der Waals surface area contributed by atoms with E-state index in [-0.39, 0.29) is 6.61 Å². The molecule has 2 rings (SSSR count). The molecule has 3 nitrogen and oxygen atoms in total. The van der Waals surface area contributed by atoms with Gasteiger partial charge in [-0.25, -0.2) is 4.79 Å². The largest absolute Gasteiger partial charge is 0.456 e. The lowest BCUT2D eigenvalue weighted by Crippen LogP contribution is -2.07. The number of ether oxygens (including phenoxy) is 1. The molecule has 0 aliphatic rings. The fourth-order valence-corrected chi connectivity index (χ4v) is 2.10. The Morgan fingerprint density at radius 1 is 1.41 bits per heavy atom. The Kier molecular flexibility index (Phi) is 3.66. The number of rotatable bonds is 3. The number of carbonyl (C=O) groups excluding carboxylic acids is 1. The number of esters is 1. The number of thiophene rings is 1. The summed E-state index contributed by atoms with van der Waals surface area (Å²) in [6.07, 6.45) is 0. The molecule has 1 heterocycles. The summed E-state index contributed by atoms with van der Waals surface area (Å²) in [5.74, 6) is -0.460. The summed E-state index contributed by atoms with van der Waals surface area (Å²) in [6.45, 7) is 0.252. The molecule has 0 atom stereocenters. The van der Waals surface area contributed by atoms with E-state index in [4.69, 9.17) is 22.1 Å². The van der Waals surface area contributed by atoms with Crippen LogP contribution in [0.5, 0.6) is 0 Å². The Labute approximate surface area is 108 Å². The van der Waals surface area contributed by atoms with E-state index in [2.05, 4.69) is 0 Å². The summed E-state index contributed by atoms with van der Waals surface area (Å²) in [5.41, 5.74) is 6.35. The number of anilines is 1.